The minimum atomic E-state index is 0.833. The fourth-order valence-corrected chi connectivity index (χ4v) is 2.95. The molecule has 1 saturated heterocycles. The molecule has 0 N–H and O–H groups in total. The van der Waals surface area contributed by atoms with Crippen LogP contribution >= 0.6 is 15.9 Å². The molecule has 1 aliphatic rings. The van der Waals surface area contributed by atoms with Gasteiger partial charge in [-0.05, 0) is 19.2 Å². The lowest BCUT2D eigenvalue weighted by atomic mass is 10.3. The van der Waals surface area contributed by atoms with Crippen LogP contribution in [0.5, 0.6) is 0 Å². The van der Waals surface area contributed by atoms with E-state index in [2.05, 4.69) is 55.5 Å². The van der Waals surface area contributed by atoms with E-state index >= 15 is 0 Å². The van der Waals surface area contributed by atoms with Gasteiger partial charge >= 0.3 is 0 Å². The van der Waals surface area contributed by atoms with Crippen molar-refractivity contribution in [1.29, 1.82) is 0 Å². The van der Waals surface area contributed by atoms with E-state index in [4.69, 9.17) is 4.98 Å². The number of anilines is 1. The summed E-state index contributed by atoms with van der Waals surface area (Å²) >= 11 is 3.59. The summed E-state index contributed by atoms with van der Waals surface area (Å²) in [7, 11) is 2.17. The summed E-state index contributed by atoms with van der Waals surface area (Å²) in [5.41, 5.74) is 2.27. The Kier molecular flexibility index (Phi) is 3.26. The minimum absolute atomic E-state index is 0.833. The molecule has 1 aliphatic heterocycles. The van der Waals surface area contributed by atoms with Crippen LogP contribution in [0.2, 0.25) is 0 Å². The topological polar surface area (TPSA) is 23.8 Å². The van der Waals surface area contributed by atoms with E-state index in [0.717, 1.165) is 43.0 Å². The molecule has 96 valence electrons. The van der Waals surface area contributed by atoms with Gasteiger partial charge < -0.3 is 14.2 Å². The van der Waals surface area contributed by atoms with Gasteiger partial charge in [0.05, 0.1) is 5.69 Å². The number of imidazole rings is 1. The van der Waals surface area contributed by atoms with Crippen LogP contribution in [0.4, 0.5) is 5.82 Å². The number of pyridine rings is 1. The molecular weight excluding hydrogens is 292 g/mol. The molecule has 4 nitrogen and oxygen atoms in total. The zero-order valence-electron chi connectivity index (χ0n) is 10.5. The van der Waals surface area contributed by atoms with Gasteiger partial charge in [-0.25, -0.2) is 4.98 Å². The first kappa shape index (κ1) is 12.0. The molecule has 0 radical (unpaired) electrons. The highest BCUT2D eigenvalue weighted by Gasteiger charge is 2.20. The van der Waals surface area contributed by atoms with E-state index in [1.54, 1.807) is 0 Å². The Balaban J connectivity index is 2.00. The Labute approximate surface area is 115 Å². The highest BCUT2D eigenvalue weighted by atomic mass is 79.9. The second-order valence-corrected chi connectivity index (χ2v) is 5.30. The van der Waals surface area contributed by atoms with E-state index in [1.165, 1.54) is 5.69 Å². The molecule has 1 fully saturated rings. The first-order chi connectivity index (χ1) is 8.79. The Morgan fingerprint density at radius 3 is 2.72 bits per heavy atom. The number of nitrogens with zero attached hydrogens (tertiary/aromatic N) is 4. The fraction of sp³-hybridized carbons (Fsp3) is 0.462. The van der Waals surface area contributed by atoms with Crippen molar-refractivity contribution in [3.63, 3.8) is 0 Å². The third-order valence-corrected chi connectivity index (χ3v) is 4.07. The molecule has 5 heteroatoms. The van der Waals surface area contributed by atoms with Crippen LogP contribution in [-0.4, -0.2) is 47.5 Å². The van der Waals surface area contributed by atoms with Crippen molar-refractivity contribution in [3.05, 3.63) is 30.1 Å². The van der Waals surface area contributed by atoms with E-state index in [0.29, 0.717) is 0 Å². The number of halogens is 1. The zero-order valence-corrected chi connectivity index (χ0v) is 12.1. The molecular formula is C13H17BrN4. The first-order valence-electron chi connectivity index (χ1n) is 6.25. The van der Waals surface area contributed by atoms with Crippen LogP contribution in [0.25, 0.3) is 5.65 Å². The maximum absolute atomic E-state index is 4.77. The predicted octanol–water partition coefficient (Wildman–Crippen LogP) is 1.98. The van der Waals surface area contributed by atoms with Gasteiger partial charge in [0.2, 0.25) is 0 Å². The SMILES string of the molecule is CN1CCN(c2nc3ccccn3c2CBr)CC1. The van der Waals surface area contributed by atoms with Crippen molar-refractivity contribution in [2.24, 2.45) is 0 Å². The second-order valence-electron chi connectivity index (χ2n) is 4.73. The van der Waals surface area contributed by atoms with Crippen LogP contribution in [0.15, 0.2) is 24.4 Å². The monoisotopic (exact) mass is 308 g/mol. The van der Waals surface area contributed by atoms with Gasteiger partial charge in [0, 0.05) is 37.7 Å². The third kappa shape index (κ3) is 2.01. The number of aromatic nitrogens is 2. The van der Waals surface area contributed by atoms with Crippen molar-refractivity contribution >= 4 is 27.4 Å². The van der Waals surface area contributed by atoms with Crippen LogP contribution in [-0.2, 0) is 5.33 Å². The standard InChI is InChI=1S/C13H17BrN4/c1-16-6-8-17(9-7-16)13-11(10-14)18-5-3-2-4-12(18)15-13/h2-5H,6-10H2,1H3. The number of hydrogen-bond donors (Lipinski definition) is 0. The van der Waals surface area contributed by atoms with Gasteiger partial charge in [-0.2, -0.15) is 0 Å². The van der Waals surface area contributed by atoms with Crippen molar-refractivity contribution in [2.75, 3.05) is 38.1 Å². The van der Waals surface area contributed by atoms with Crippen LogP contribution in [0.1, 0.15) is 5.69 Å². The number of hydrogen-bond acceptors (Lipinski definition) is 3. The fourth-order valence-electron chi connectivity index (χ4n) is 2.43. The lowest BCUT2D eigenvalue weighted by Gasteiger charge is -2.33. The molecule has 3 heterocycles. The highest BCUT2D eigenvalue weighted by molar-refractivity contribution is 9.08. The molecule has 2 aromatic rings. The quantitative estimate of drug-likeness (QED) is 0.793. The average molecular weight is 309 g/mol. The van der Waals surface area contributed by atoms with Gasteiger partial charge in [0.25, 0.3) is 0 Å². The van der Waals surface area contributed by atoms with Gasteiger partial charge in [-0.1, -0.05) is 22.0 Å². The summed E-state index contributed by atoms with van der Waals surface area (Å²) in [5, 5.41) is 0.833. The highest BCUT2D eigenvalue weighted by Crippen LogP contribution is 2.24. The minimum Gasteiger partial charge on any atom is -0.352 e. The summed E-state index contributed by atoms with van der Waals surface area (Å²) in [6.45, 7) is 4.33. The molecule has 0 aliphatic carbocycles. The molecule has 2 aromatic heterocycles. The van der Waals surface area contributed by atoms with Crippen molar-refractivity contribution in [2.45, 2.75) is 5.33 Å². The number of fused-ring (bicyclic) bond motifs is 1. The van der Waals surface area contributed by atoms with Crippen LogP contribution in [0, 0.1) is 0 Å². The second kappa shape index (κ2) is 4.90. The van der Waals surface area contributed by atoms with Gasteiger partial charge in [-0.3, -0.25) is 0 Å². The number of alkyl halides is 1. The van der Waals surface area contributed by atoms with E-state index in [-0.39, 0.29) is 0 Å². The Hall–Kier alpha value is -1.07. The number of rotatable bonds is 2. The zero-order chi connectivity index (χ0) is 12.5. The lowest BCUT2D eigenvalue weighted by molar-refractivity contribution is 0.312. The van der Waals surface area contributed by atoms with Crippen LogP contribution in [0.3, 0.4) is 0 Å². The molecule has 0 spiro atoms. The Morgan fingerprint density at radius 2 is 2.00 bits per heavy atom. The summed E-state index contributed by atoms with van der Waals surface area (Å²) in [6.07, 6.45) is 2.08. The first-order valence-corrected chi connectivity index (χ1v) is 7.37. The normalized spacial score (nSPS) is 17.6. The van der Waals surface area contributed by atoms with Crippen molar-refractivity contribution in [1.82, 2.24) is 14.3 Å². The molecule has 3 rings (SSSR count). The van der Waals surface area contributed by atoms with Crippen molar-refractivity contribution in [3.8, 4) is 0 Å². The smallest absolute Gasteiger partial charge is 0.152 e. The molecule has 0 saturated carbocycles. The molecule has 0 bridgehead atoms. The predicted molar refractivity (Wildman–Crippen MR) is 77.5 cm³/mol. The maximum atomic E-state index is 4.77. The third-order valence-electron chi connectivity index (χ3n) is 3.54. The molecule has 0 atom stereocenters. The summed E-state index contributed by atoms with van der Waals surface area (Å²) in [5.74, 6) is 1.13. The average Bonchev–Trinajstić information content (AvgIpc) is 2.78. The van der Waals surface area contributed by atoms with Crippen LogP contribution < -0.4 is 4.90 Å². The van der Waals surface area contributed by atoms with E-state index < -0.39 is 0 Å². The Morgan fingerprint density at radius 1 is 1.22 bits per heavy atom. The maximum Gasteiger partial charge on any atom is 0.152 e. The molecule has 0 aromatic carbocycles. The lowest BCUT2D eigenvalue weighted by Crippen LogP contribution is -2.45. The number of likely N-dealkylation sites (N-methyl/N-ethyl adjacent to an activating group) is 1. The van der Waals surface area contributed by atoms with Crippen molar-refractivity contribution < 1.29 is 0 Å². The summed E-state index contributed by atoms with van der Waals surface area (Å²) in [4.78, 5) is 9.53. The van der Waals surface area contributed by atoms with E-state index in [9.17, 15) is 0 Å². The van der Waals surface area contributed by atoms with E-state index in [1.807, 2.05) is 6.07 Å². The molecule has 0 unspecified atom stereocenters. The van der Waals surface area contributed by atoms with Gasteiger partial charge in [0.1, 0.15) is 5.65 Å². The largest absolute Gasteiger partial charge is 0.352 e. The molecule has 0 amide bonds. The molecule has 18 heavy (non-hydrogen) atoms. The Bertz CT molecular complexity index is 543. The van der Waals surface area contributed by atoms with Gasteiger partial charge in [-0.15, -0.1) is 0 Å². The number of piperazine rings is 1. The summed E-state index contributed by atoms with van der Waals surface area (Å²) < 4.78 is 2.17. The summed E-state index contributed by atoms with van der Waals surface area (Å²) in [6, 6.07) is 6.15. The van der Waals surface area contributed by atoms with Gasteiger partial charge in [0.15, 0.2) is 5.82 Å².